The van der Waals surface area contributed by atoms with E-state index in [-0.39, 0.29) is 6.03 Å². The average molecular weight is 291 g/mol. The van der Waals surface area contributed by atoms with Crippen LogP contribution in [-0.4, -0.2) is 48.6 Å². The summed E-state index contributed by atoms with van der Waals surface area (Å²) in [6, 6.07) is 9.62. The van der Waals surface area contributed by atoms with Crippen molar-refractivity contribution in [3.8, 4) is 0 Å². The van der Waals surface area contributed by atoms with Crippen molar-refractivity contribution in [3.05, 3.63) is 30.3 Å². The third-order valence-electron chi connectivity index (χ3n) is 3.48. The van der Waals surface area contributed by atoms with Crippen LogP contribution in [0.1, 0.15) is 27.7 Å². The van der Waals surface area contributed by atoms with Crippen molar-refractivity contribution < 1.29 is 4.79 Å². The van der Waals surface area contributed by atoms with Gasteiger partial charge in [0.25, 0.3) is 0 Å². The topological polar surface area (TPSA) is 35.6 Å². The van der Waals surface area contributed by atoms with E-state index in [2.05, 4.69) is 37.9 Å². The Morgan fingerprint density at radius 3 is 2.24 bits per heavy atom. The van der Waals surface area contributed by atoms with Crippen LogP contribution in [0.3, 0.4) is 0 Å². The second kappa shape index (κ2) is 9.40. The third kappa shape index (κ3) is 6.63. The lowest BCUT2D eigenvalue weighted by Gasteiger charge is -2.28. The van der Waals surface area contributed by atoms with E-state index in [0.29, 0.717) is 5.92 Å². The zero-order chi connectivity index (χ0) is 15.7. The minimum atomic E-state index is -0.0120. The number of nitrogens with zero attached hydrogens (tertiary/aromatic N) is 2. The molecule has 0 aliphatic heterocycles. The van der Waals surface area contributed by atoms with Crippen molar-refractivity contribution in [1.29, 1.82) is 0 Å². The van der Waals surface area contributed by atoms with Crippen LogP contribution >= 0.6 is 0 Å². The van der Waals surface area contributed by atoms with E-state index < -0.39 is 0 Å². The zero-order valence-corrected chi connectivity index (χ0v) is 13.8. The van der Waals surface area contributed by atoms with Gasteiger partial charge in [-0.15, -0.1) is 0 Å². The van der Waals surface area contributed by atoms with Gasteiger partial charge in [0.2, 0.25) is 0 Å². The lowest BCUT2D eigenvalue weighted by atomic mass is 10.2. The normalized spacial score (nSPS) is 11.0. The molecule has 2 amide bonds. The van der Waals surface area contributed by atoms with E-state index >= 15 is 0 Å². The Labute approximate surface area is 129 Å². The van der Waals surface area contributed by atoms with Crippen LogP contribution in [-0.2, 0) is 0 Å². The number of carbonyl (C=O) groups is 1. The van der Waals surface area contributed by atoms with Crippen molar-refractivity contribution in [2.45, 2.75) is 27.7 Å². The molecule has 0 atom stereocenters. The van der Waals surface area contributed by atoms with Crippen molar-refractivity contribution in [1.82, 2.24) is 9.80 Å². The van der Waals surface area contributed by atoms with Gasteiger partial charge in [0.15, 0.2) is 0 Å². The van der Waals surface area contributed by atoms with E-state index in [1.807, 2.05) is 35.2 Å². The minimum Gasteiger partial charge on any atom is -0.323 e. The van der Waals surface area contributed by atoms with E-state index in [0.717, 1.165) is 38.4 Å². The molecular formula is C17H29N3O. The van der Waals surface area contributed by atoms with Gasteiger partial charge in [-0.3, -0.25) is 0 Å². The van der Waals surface area contributed by atoms with Gasteiger partial charge in [-0.1, -0.05) is 45.9 Å². The number of anilines is 1. The number of nitrogens with one attached hydrogen (secondary N) is 1. The van der Waals surface area contributed by atoms with Crippen LogP contribution in [0, 0.1) is 5.92 Å². The number of carbonyl (C=O) groups excluding carboxylic acids is 1. The quantitative estimate of drug-likeness (QED) is 0.795. The molecule has 1 aromatic rings. The number of likely N-dealkylation sites (N-methyl/N-ethyl adjacent to an activating group) is 1. The average Bonchev–Trinajstić information content (AvgIpc) is 2.47. The highest BCUT2D eigenvalue weighted by Gasteiger charge is 2.15. The van der Waals surface area contributed by atoms with E-state index in [1.165, 1.54) is 0 Å². The molecule has 0 bridgehead atoms. The lowest BCUT2D eigenvalue weighted by molar-refractivity contribution is 0.189. The van der Waals surface area contributed by atoms with Crippen molar-refractivity contribution in [2.24, 2.45) is 5.92 Å². The molecule has 4 nitrogen and oxygen atoms in total. The number of amides is 2. The highest BCUT2D eigenvalue weighted by atomic mass is 16.2. The fourth-order valence-electron chi connectivity index (χ4n) is 2.24. The first kappa shape index (κ1) is 17.5. The Kier molecular flexibility index (Phi) is 7.83. The van der Waals surface area contributed by atoms with E-state index in [4.69, 9.17) is 0 Å². The summed E-state index contributed by atoms with van der Waals surface area (Å²) in [4.78, 5) is 16.7. The maximum Gasteiger partial charge on any atom is 0.321 e. The SMILES string of the molecule is CCN(CC)CCN(CC(C)C)C(=O)Nc1ccccc1. The molecule has 4 heteroatoms. The number of rotatable bonds is 8. The molecule has 0 fully saturated rings. The maximum absolute atomic E-state index is 12.4. The largest absolute Gasteiger partial charge is 0.323 e. The van der Waals surface area contributed by atoms with Gasteiger partial charge in [-0.25, -0.2) is 4.79 Å². The summed E-state index contributed by atoms with van der Waals surface area (Å²) >= 11 is 0. The second-order valence-corrected chi connectivity index (χ2v) is 5.66. The van der Waals surface area contributed by atoms with Gasteiger partial charge >= 0.3 is 6.03 Å². The van der Waals surface area contributed by atoms with Gasteiger partial charge in [0, 0.05) is 25.3 Å². The summed E-state index contributed by atoms with van der Waals surface area (Å²) in [5.41, 5.74) is 0.846. The van der Waals surface area contributed by atoms with Gasteiger partial charge in [-0.05, 0) is 31.1 Å². The van der Waals surface area contributed by atoms with Crippen LogP contribution in [0.2, 0.25) is 0 Å². The van der Waals surface area contributed by atoms with Crippen LogP contribution in [0.25, 0.3) is 0 Å². The molecule has 0 aliphatic rings. The van der Waals surface area contributed by atoms with E-state index in [1.54, 1.807) is 0 Å². The second-order valence-electron chi connectivity index (χ2n) is 5.66. The summed E-state index contributed by atoms with van der Waals surface area (Å²) in [6.07, 6.45) is 0. The Morgan fingerprint density at radius 1 is 1.10 bits per heavy atom. The Bertz CT molecular complexity index is 402. The fraction of sp³-hybridized carbons (Fsp3) is 0.588. The van der Waals surface area contributed by atoms with Crippen molar-refractivity contribution >= 4 is 11.7 Å². The van der Waals surface area contributed by atoms with Gasteiger partial charge < -0.3 is 15.1 Å². The maximum atomic E-state index is 12.4. The summed E-state index contributed by atoms with van der Waals surface area (Å²) in [5.74, 6) is 0.461. The Hall–Kier alpha value is -1.55. The molecule has 0 aromatic heterocycles. The molecule has 0 unspecified atom stereocenters. The van der Waals surface area contributed by atoms with E-state index in [9.17, 15) is 4.79 Å². The Morgan fingerprint density at radius 2 is 1.71 bits per heavy atom. The molecule has 21 heavy (non-hydrogen) atoms. The van der Waals surface area contributed by atoms with Crippen molar-refractivity contribution in [2.75, 3.05) is 38.0 Å². The summed E-state index contributed by atoms with van der Waals surface area (Å²) in [6.45, 7) is 13.1. The van der Waals surface area contributed by atoms with Crippen LogP contribution in [0.5, 0.6) is 0 Å². The standard InChI is InChI=1S/C17H29N3O/c1-5-19(6-2)12-13-20(14-15(3)4)17(21)18-16-10-8-7-9-11-16/h7-11,15H,5-6,12-14H2,1-4H3,(H,18,21). The monoisotopic (exact) mass is 291 g/mol. The first-order valence-electron chi connectivity index (χ1n) is 7.90. The molecule has 118 valence electrons. The molecule has 0 saturated carbocycles. The summed E-state index contributed by atoms with van der Waals surface area (Å²) < 4.78 is 0. The number of urea groups is 1. The fourth-order valence-corrected chi connectivity index (χ4v) is 2.24. The number of benzene rings is 1. The third-order valence-corrected chi connectivity index (χ3v) is 3.48. The predicted molar refractivity (Wildman–Crippen MR) is 89.7 cm³/mol. The number of para-hydroxylation sites is 1. The van der Waals surface area contributed by atoms with Crippen LogP contribution in [0.15, 0.2) is 30.3 Å². The minimum absolute atomic E-state index is 0.0120. The Balaban J connectivity index is 2.61. The van der Waals surface area contributed by atoms with Crippen LogP contribution < -0.4 is 5.32 Å². The molecule has 1 aromatic carbocycles. The molecule has 0 aliphatic carbocycles. The summed E-state index contributed by atoms with van der Waals surface area (Å²) in [5, 5.41) is 2.98. The highest BCUT2D eigenvalue weighted by Crippen LogP contribution is 2.08. The van der Waals surface area contributed by atoms with Crippen molar-refractivity contribution in [3.63, 3.8) is 0 Å². The molecule has 0 heterocycles. The van der Waals surface area contributed by atoms with Gasteiger partial charge in [0.05, 0.1) is 0 Å². The van der Waals surface area contributed by atoms with Crippen LogP contribution in [0.4, 0.5) is 10.5 Å². The first-order chi connectivity index (χ1) is 10.1. The van der Waals surface area contributed by atoms with Gasteiger partial charge in [-0.2, -0.15) is 0 Å². The smallest absolute Gasteiger partial charge is 0.321 e. The molecule has 0 saturated heterocycles. The molecule has 1 N–H and O–H groups in total. The highest BCUT2D eigenvalue weighted by molar-refractivity contribution is 5.89. The first-order valence-corrected chi connectivity index (χ1v) is 7.90. The molecule has 0 spiro atoms. The number of hydrogen-bond acceptors (Lipinski definition) is 2. The summed E-state index contributed by atoms with van der Waals surface area (Å²) in [7, 11) is 0. The lowest BCUT2D eigenvalue weighted by Crippen LogP contribution is -2.42. The zero-order valence-electron chi connectivity index (χ0n) is 13.8. The molecule has 0 radical (unpaired) electrons. The number of hydrogen-bond donors (Lipinski definition) is 1. The molecule has 1 rings (SSSR count). The molecular weight excluding hydrogens is 262 g/mol. The van der Waals surface area contributed by atoms with Gasteiger partial charge in [0.1, 0.15) is 0 Å². The predicted octanol–water partition coefficient (Wildman–Crippen LogP) is 3.52.